The maximum absolute atomic E-state index is 10.8. The number of thiazole rings is 1. The van der Waals surface area contributed by atoms with Gasteiger partial charge in [-0.05, 0) is 0 Å². The van der Waals surface area contributed by atoms with Crippen molar-refractivity contribution in [3.05, 3.63) is 27.4 Å². The molecule has 0 atom stereocenters. The summed E-state index contributed by atoms with van der Waals surface area (Å²) in [7, 11) is 0. The van der Waals surface area contributed by atoms with E-state index in [1.54, 1.807) is 10.8 Å². The van der Waals surface area contributed by atoms with Gasteiger partial charge in [0.15, 0.2) is 5.13 Å². The number of carboxylic acid groups (broad SMARTS) is 1. The third-order valence-electron chi connectivity index (χ3n) is 2.01. The minimum absolute atomic E-state index is 0.175. The van der Waals surface area contributed by atoms with Crippen LogP contribution in [0.2, 0.25) is 0 Å². The van der Waals surface area contributed by atoms with Crippen molar-refractivity contribution in [3.63, 3.8) is 0 Å². The minimum atomic E-state index is -0.971. The summed E-state index contributed by atoms with van der Waals surface area (Å²) in [6.45, 7) is 1.64. The Bertz CT molecular complexity index is 605. The number of amides is 1. The average molecular weight is 298 g/mol. The van der Waals surface area contributed by atoms with Gasteiger partial charge >= 0.3 is 5.97 Å². The van der Waals surface area contributed by atoms with Gasteiger partial charge in [0.2, 0.25) is 5.91 Å². The van der Waals surface area contributed by atoms with Crippen LogP contribution >= 0.6 is 22.7 Å². The summed E-state index contributed by atoms with van der Waals surface area (Å²) >= 11 is 2.42. The summed E-state index contributed by atoms with van der Waals surface area (Å²) in [6, 6.07) is 1.47. The Balaban J connectivity index is 1.92. The number of carboxylic acids is 1. The van der Waals surface area contributed by atoms with Gasteiger partial charge in [-0.2, -0.15) is 0 Å². The van der Waals surface area contributed by atoms with E-state index in [1.165, 1.54) is 24.3 Å². The summed E-state index contributed by atoms with van der Waals surface area (Å²) < 4.78 is 5.42. The number of aromatic nitrogens is 1. The number of aromatic carboxylic acids is 1. The Kier molecular flexibility index (Phi) is 4.13. The highest BCUT2D eigenvalue weighted by atomic mass is 32.1. The number of hydrogen-bond acceptors (Lipinski definition) is 6. The zero-order chi connectivity index (χ0) is 13.8. The molecule has 0 saturated carbocycles. The fraction of sp³-hybridized carbons (Fsp3) is 0.182. The lowest BCUT2D eigenvalue weighted by Gasteiger charge is -2.00. The van der Waals surface area contributed by atoms with E-state index in [0.717, 1.165) is 11.3 Å². The normalized spacial score (nSPS) is 10.2. The van der Waals surface area contributed by atoms with Gasteiger partial charge in [0, 0.05) is 23.8 Å². The highest BCUT2D eigenvalue weighted by Crippen LogP contribution is 2.23. The van der Waals surface area contributed by atoms with Gasteiger partial charge in [0.05, 0.1) is 5.69 Å². The lowest BCUT2D eigenvalue weighted by atomic mass is 10.4. The minimum Gasteiger partial charge on any atom is -0.486 e. The Morgan fingerprint density at radius 1 is 1.42 bits per heavy atom. The molecular formula is C11H10N2O4S2. The predicted molar refractivity (Wildman–Crippen MR) is 72.0 cm³/mol. The highest BCUT2D eigenvalue weighted by molar-refractivity contribution is 7.14. The second kappa shape index (κ2) is 5.81. The molecule has 2 rings (SSSR count). The van der Waals surface area contributed by atoms with E-state index in [2.05, 4.69) is 10.3 Å². The van der Waals surface area contributed by atoms with Crippen molar-refractivity contribution in [2.24, 2.45) is 0 Å². The molecule has 2 heterocycles. The van der Waals surface area contributed by atoms with Gasteiger partial charge in [0.1, 0.15) is 17.2 Å². The van der Waals surface area contributed by atoms with Crippen LogP contribution in [0.15, 0.2) is 16.8 Å². The average Bonchev–Trinajstić information content (AvgIpc) is 2.94. The molecule has 19 heavy (non-hydrogen) atoms. The molecule has 0 fully saturated rings. The van der Waals surface area contributed by atoms with Crippen LogP contribution in [0.5, 0.6) is 5.75 Å². The maximum Gasteiger partial charge on any atom is 0.346 e. The smallest absolute Gasteiger partial charge is 0.346 e. The molecule has 0 radical (unpaired) electrons. The van der Waals surface area contributed by atoms with Crippen molar-refractivity contribution in [1.82, 2.24) is 4.98 Å². The predicted octanol–water partition coefficient (Wildman–Crippen LogP) is 2.44. The van der Waals surface area contributed by atoms with E-state index in [0.29, 0.717) is 16.6 Å². The highest BCUT2D eigenvalue weighted by Gasteiger charge is 2.09. The van der Waals surface area contributed by atoms with Gasteiger partial charge in [0.25, 0.3) is 0 Å². The van der Waals surface area contributed by atoms with Crippen LogP contribution in [0.25, 0.3) is 0 Å². The van der Waals surface area contributed by atoms with Crippen molar-refractivity contribution in [3.8, 4) is 5.75 Å². The molecule has 2 N–H and O–H groups in total. The summed E-state index contributed by atoms with van der Waals surface area (Å²) in [5.74, 6) is -0.649. The quantitative estimate of drug-likeness (QED) is 0.885. The molecule has 6 nitrogen and oxygen atoms in total. The number of hydrogen-bond donors (Lipinski definition) is 2. The molecule has 0 saturated heterocycles. The first-order valence-corrected chi connectivity index (χ1v) is 6.97. The molecule has 0 aromatic carbocycles. The number of carbonyl (C=O) groups excluding carboxylic acids is 1. The van der Waals surface area contributed by atoms with Crippen LogP contribution < -0.4 is 10.1 Å². The van der Waals surface area contributed by atoms with E-state index in [1.807, 2.05) is 0 Å². The molecule has 0 aliphatic carbocycles. The summed E-state index contributed by atoms with van der Waals surface area (Å²) in [4.78, 5) is 25.9. The SMILES string of the molecule is CC(=O)Nc1nc(COc2csc(C(=O)O)c2)cs1. The zero-order valence-corrected chi connectivity index (χ0v) is 11.5. The van der Waals surface area contributed by atoms with Gasteiger partial charge in [-0.1, -0.05) is 0 Å². The van der Waals surface area contributed by atoms with Crippen LogP contribution in [0.3, 0.4) is 0 Å². The number of rotatable bonds is 5. The number of nitrogens with zero attached hydrogens (tertiary/aromatic N) is 1. The Hall–Kier alpha value is -1.93. The molecular weight excluding hydrogens is 288 g/mol. The Labute approximate surface area is 116 Å². The van der Waals surface area contributed by atoms with Gasteiger partial charge in [-0.15, -0.1) is 22.7 Å². The first-order valence-electron chi connectivity index (χ1n) is 5.21. The molecule has 0 bridgehead atoms. The third-order valence-corrected chi connectivity index (χ3v) is 3.71. The van der Waals surface area contributed by atoms with E-state index < -0.39 is 5.97 Å². The van der Waals surface area contributed by atoms with Crippen LogP contribution in [0.1, 0.15) is 22.3 Å². The second-order valence-electron chi connectivity index (χ2n) is 3.57. The molecule has 1 amide bonds. The largest absolute Gasteiger partial charge is 0.486 e. The summed E-state index contributed by atoms with van der Waals surface area (Å²) in [5.41, 5.74) is 0.678. The fourth-order valence-electron chi connectivity index (χ4n) is 1.25. The van der Waals surface area contributed by atoms with E-state index >= 15 is 0 Å². The van der Waals surface area contributed by atoms with Crippen molar-refractivity contribution in [2.45, 2.75) is 13.5 Å². The van der Waals surface area contributed by atoms with Crippen molar-refractivity contribution < 1.29 is 19.4 Å². The molecule has 0 unspecified atom stereocenters. The number of anilines is 1. The van der Waals surface area contributed by atoms with Crippen molar-refractivity contribution >= 4 is 39.7 Å². The molecule has 100 valence electrons. The zero-order valence-electron chi connectivity index (χ0n) is 9.87. The van der Waals surface area contributed by atoms with Gasteiger partial charge < -0.3 is 15.2 Å². The number of thiophene rings is 1. The second-order valence-corrected chi connectivity index (χ2v) is 5.34. The summed E-state index contributed by atoms with van der Waals surface area (Å²) in [5, 5.41) is 15.3. The van der Waals surface area contributed by atoms with Crippen LogP contribution in [0, 0.1) is 0 Å². The maximum atomic E-state index is 10.8. The number of ether oxygens (including phenoxy) is 1. The monoisotopic (exact) mass is 298 g/mol. The van der Waals surface area contributed by atoms with Crippen molar-refractivity contribution in [1.29, 1.82) is 0 Å². The lowest BCUT2D eigenvalue weighted by Crippen LogP contribution is -2.05. The topological polar surface area (TPSA) is 88.5 Å². The van der Waals surface area contributed by atoms with Crippen molar-refractivity contribution in [2.75, 3.05) is 5.32 Å². The molecule has 8 heteroatoms. The molecule has 2 aromatic rings. The molecule has 0 aliphatic heterocycles. The Morgan fingerprint density at radius 2 is 2.21 bits per heavy atom. The first kappa shape index (κ1) is 13.5. The molecule has 0 aliphatic rings. The van der Waals surface area contributed by atoms with E-state index in [-0.39, 0.29) is 17.4 Å². The van der Waals surface area contributed by atoms with Crippen LogP contribution in [0.4, 0.5) is 5.13 Å². The standard InChI is InChI=1S/C11H10N2O4S2/c1-6(14)12-11-13-7(4-19-11)3-17-8-2-9(10(15)16)18-5-8/h2,4-5H,3H2,1H3,(H,15,16)(H,12,13,14). The molecule has 2 aromatic heterocycles. The lowest BCUT2D eigenvalue weighted by molar-refractivity contribution is -0.114. The van der Waals surface area contributed by atoms with Crippen LogP contribution in [-0.4, -0.2) is 22.0 Å². The van der Waals surface area contributed by atoms with Gasteiger partial charge in [-0.3, -0.25) is 4.79 Å². The van der Waals surface area contributed by atoms with Crippen LogP contribution in [-0.2, 0) is 11.4 Å². The third kappa shape index (κ3) is 3.76. The summed E-state index contributed by atoms with van der Waals surface area (Å²) in [6.07, 6.45) is 0. The number of nitrogens with one attached hydrogen (secondary N) is 1. The fourth-order valence-corrected chi connectivity index (χ4v) is 2.65. The van der Waals surface area contributed by atoms with E-state index in [4.69, 9.17) is 9.84 Å². The number of carbonyl (C=O) groups is 2. The van der Waals surface area contributed by atoms with Gasteiger partial charge in [-0.25, -0.2) is 9.78 Å². The van der Waals surface area contributed by atoms with E-state index in [9.17, 15) is 9.59 Å². The molecule has 0 spiro atoms. The first-order chi connectivity index (χ1) is 9.04. The Morgan fingerprint density at radius 3 is 2.84 bits per heavy atom.